The highest BCUT2D eigenvalue weighted by atomic mass is 16.2. The van der Waals surface area contributed by atoms with E-state index in [0.29, 0.717) is 11.6 Å². The normalized spacial score (nSPS) is 12.4. The molecule has 1 unspecified atom stereocenters. The summed E-state index contributed by atoms with van der Waals surface area (Å²) in [5.74, 6) is 0.418. The molecule has 2 rings (SSSR count). The third-order valence-electron chi connectivity index (χ3n) is 2.53. The van der Waals surface area contributed by atoms with E-state index in [1.54, 1.807) is 10.6 Å². The Bertz CT molecular complexity index is 521. The number of fused-ring (bicyclic) bond motifs is 1. The quantitative estimate of drug-likeness (QED) is 0.846. The van der Waals surface area contributed by atoms with E-state index in [1.807, 2.05) is 32.0 Å². The molecule has 0 aliphatic carbocycles. The van der Waals surface area contributed by atoms with Crippen LogP contribution in [0.1, 0.15) is 20.3 Å². The first kappa shape index (κ1) is 11.4. The summed E-state index contributed by atoms with van der Waals surface area (Å²) >= 11 is 0. The molecule has 1 atom stereocenters. The minimum absolute atomic E-state index is 0.134. The number of anilines is 1. The lowest BCUT2D eigenvalue weighted by Gasteiger charge is -2.11. The number of carbonyl (C=O) groups is 1. The smallest absolute Gasteiger partial charge is 0.321 e. The molecule has 0 bridgehead atoms. The fourth-order valence-corrected chi connectivity index (χ4v) is 1.39. The molecule has 0 fully saturated rings. The maximum atomic E-state index is 11.6. The van der Waals surface area contributed by atoms with Crippen LogP contribution in [0.3, 0.4) is 0 Å². The molecule has 6 heteroatoms. The van der Waals surface area contributed by atoms with Crippen LogP contribution in [0, 0.1) is 0 Å². The summed E-state index contributed by atoms with van der Waals surface area (Å²) in [7, 11) is 0. The summed E-state index contributed by atoms with van der Waals surface area (Å²) in [6.45, 7) is 3.96. The zero-order valence-electron chi connectivity index (χ0n) is 9.84. The third-order valence-corrected chi connectivity index (χ3v) is 2.53. The van der Waals surface area contributed by atoms with E-state index >= 15 is 0 Å². The first-order chi connectivity index (χ1) is 8.20. The van der Waals surface area contributed by atoms with Gasteiger partial charge in [0, 0.05) is 12.2 Å². The first-order valence-corrected chi connectivity index (χ1v) is 5.58. The highest BCUT2D eigenvalue weighted by Gasteiger charge is 2.09. The van der Waals surface area contributed by atoms with Crippen LogP contribution < -0.4 is 10.6 Å². The first-order valence-electron chi connectivity index (χ1n) is 5.58. The second-order valence-electron chi connectivity index (χ2n) is 3.86. The molecule has 2 amide bonds. The number of hydrogen-bond donors (Lipinski definition) is 2. The zero-order valence-corrected chi connectivity index (χ0v) is 9.84. The maximum absolute atomic E-state index is 11.6. The Balaban J connectivity index is 2.11. The lowest BCUT2D eigenvalue weighted by Crippen LogP contribution is -2.36. The number of nitrogens with one attached hydrogen (secondary N) is 2. The third kappa shape index (κ3) is 2.52. The summed E-state index contributed by atoms with van der Waals surface area (Å²) in [4.78, 5) is 11.6. The molecule has 2 heterocycles. The van der Waals surface area contributed by atoms with Crippen molar-refractivity contribution in [2.45, 2.75) is 26.3 Å². The van der Waals surface area contributed by atoms with Crippen LogP contribution in [-0.4, -0.2) is 26.7 Å². The van der Waals surface area contributed by atoms with E-state index in [4.69, 9.17) is 0 Å². The number of pyridine rings is 1. The van der Waals surface area contributed by atoms with Gasteiger partial charge in [-0.2, -0.15) is 0 Å². The van der Waals surface area contributed by atoms with E-state index < -0.39 is 0 Å². The van der Waals surface area contributed by atoms with Gasteiger partial charge < -0.3 is 5.32 Å². The zero-order chi connectivity index (χ0) is 12.3. The molecule has 6 nitrogen and oxygen atoms in total. The summed E-state index contributed by atoms with van der Waals surface area (Å²) in [6.07, 6.45) is 2.68. The molecule has 2 N–H and O–H groups in total. The van der Waals surface area contributed by atoms with Gasteiger partial charge in [-0.05, 0) is 25.5 Å². The number of nitrogens with zero attached hydrogens (tertiary/aromatic N) is 3. The Kier molecular flexibility index (Phi) is 3.22. The summed E-state index contributed by atoms with van der Waals surface area (Å²) in [6, 6.07) is 5.41. The van der Waals surface area contributed by atoms with Crippen molar-refractivity contribution in [2.24, 2.45) is 0 Å². The monoisotopic (exact) mass is 233 g/mol. The number of amides is 2. The number of hydrogen-bond acceptors (Lipinski definition) is 3. The number of urea groups is 1. The van der Waals surface area contributed by atoms with Crippen molar-refractivity contribution in [1.82, 2.24) is 19.9 Å². The molecule has 0 aromatic carbocycles. The van der Waals surface area contributed by atoms with Crippen LogP contribution in [-0.2, 0) is 0 Å². The van der Waals surface area contributed by atoms with Crippen LogP contribution >= 0.6 is 0 Å². The lowest BCUT2D eigenvalue weighted by atomic mass is 10.3. The second-order valence-corrected chi connectivity index (χ2v) is 3.86. The van der Waals surface area contributed by atoms with Gasteiger partial charge in [0.1, 0.15) is 0 Å². The molecule has 2 aromatic heterocycles. The van der Waals surface area contributed by atoms with E-state index in [0.717, 1.165) is 6.42 Å². The van der Waals surface area contributed by atoms with Crippen molar-refractivity contribution < 1.29 is 4.79 Å². The molecule has 0 spiro atoms. The largest absolute Gasteiger partial charge is 0.335 e. The average Bonchev–Trinajstić information content (AvgIpc) is 2.72. The van der Waals surface area contributed by atoms with Crippen molar-refractivity contribution in [1.29, 1.82) is 0 Å². The van der Waals surface area contributed by atoms with Crippen molar-refractivity contribution in [3.05, 3.63) is 24.4 Å². The SMILES string of the molecule is CCC(C)NC(=O)Nc1nnc2ccccn12. The number of rotatable bonds is 3. The Morgan fingerprint density at radius 2 is 2.29 bits per heavy atom. The van der Waals surface area contributed by atoms with Crippen molar-refractivity contribution >= 4 is 17.6 Å². The Hall–Kier alpha value is -2.11. The number of aromatic nitrogens is 3. The molecule has 17 heavy (non-hydrogen) atoms. The van der Waals surface area contributed by atoms with Gasteiger partial charge in [-0.15, -0.1) is 10.2 Å². The van der Waals surface area contributed by atoms with Crippen LogP contribution in [0.2, 0.25) is 0 Å². The molecule has 90 valence electrons. The van der Waals surface area contributed by atoms with Gasteiger partial charge in [-0.25, -0.2) is 4.79 Å². The van der Waals surface area contributed by atoms with Crippen LogP contribution in [0.15, 0.2) is 24.4 Å². The summed E-state index contributed by atoms with van der Waals surface area (Å²) in [5, 5.41) is 13.3. The minimum Gasteiger partial charge on any atom is -0.335 e. The average molecular weight is 233 g/mol. The molecular formula is C11H15N5O. The Morgan fingerprint density at radius 1 is 1.47 bits per heavy atom. The van der Waals surface area contributed by atoms with Crippen LogP contribution in [0.5, 0.6) is 0 Å². The van der Waals surface area contributed by atoms with Gasteiger partial charge in [-0.1, -0.05) is 13.0 Å². The van der Waals surface area contributed by atoms with Crippen LogP contribution in [0.4, 0.5) is 10.7 Å². The standard InChI is InChI=1S/C11H15N5O/c1-3-8(2)12-11(17)13-10-15-14-9-6-4-5-7-16(9)10/h4-8H,3H2,1-2H3,(H2,12,13,15,17). The van der Waals surface area contributed by atoms with E-state index in [1.165, 1.54) is 0 Å². The number of carbonyl (C=O) groups excluding carboxylic acids is 1. The van der Waals surface area contributed by atoms with Gasteiger partial charge in [0.15, 0.2) is 5.65 Å². The lowest BCUT2D eigenvalue weighted by molar-refractivity contribution is 0.248. The molecule has 0 saturated heterocycles. The van der Waals surface area contributed by atoms with Gasteiger partial charge in [0.25, 0.3) is 0 Å². The molecular weight excluding hydrogens is 218 g/mol. The van der Waals surface area contributed by atoms with Crippen molar-refractivity contribution in [3.8, 4) is 0 Å². The minimum atomic E-state index is -0.266. The topological polar surface area (TPSA) is 71.3 Å². The van der Waals surface area contributed by atoms with Gasteiger partial charge in [0.05, 0.1) is 0 Å². The predicted molar refractivity (Wildman–Crippen MR) is 64.9 cm³/mol. The van der Waals surface area contributed by atoms with Gasteiger partial charge >= 0.3 is 6.03 Å². The Morgan fingerprint density at radius 3 is 3.06 bits per heavy atom. The predicted octanol–water partition coefficient (Wildman–Crippen LogP) is 1.65. The van der Waals surface area contributed by atoms with E-state index in [-0.39, 0.29) is 12.1 Å². The highest BCUT2D eigenvalue weighted by Crippen LogP contribution is 2.06. The van der Waals surface area contributed by atoms with E-state index in [2.05, 4.69) is 20.8 Å². The van der Waals surface area contributed by atoms with Crippen molar-refractivity contribution in [2.75, 3.05) is 5.32 Å². The van der Waals surface area contributed by atoms with Crippen molar-refractivity contribution in [3.63, 3.8) is 0 Å². The van der Waals surface area contributed by atoms with Crippen LogP contribution in [0.25, 0.3) is 5.65 Å². The van der Waals surface area contributed by atoms with E-state index in [9.17, 15) is 4.79 Å². The highest BCUT2D eigenvalue weighted by molar-refractivity contribution is 5.87. The molecule has 0 aliphatic heterocycles. The molecule has 2 aromatic rings. The summed E-state index contributed by atoms with van der Waals surface area (Å²) in [5.41, 5.74) is 0.700. The second kappa shape index (κ2) is 4.82. The maximum Gasteiger partial charge on any atom is 0.321 e. The fraction of sp³-hybridized carbons (Fsp3) is 0.364. The molecule has 0 aliphatic rings. The molecule has 0 radical (unpaired) electrons. The van der Waals surface area contributed by atoms with Gasteiger partial charge in [0.2, 0.25) is 5.95 Å². The molecule has 0 saturated carbocycles. The Labute approximate surface area is 99.0 Å². The fourth-order valence-electron chi connectivity index (χ4n) is 1.39. The summed E-state index contributed by atoms with van der Waals surface area (Å²) < 4.78 is 1.72. The van der Waals surface area contributed by atoms with Gasteiger partial charge in [-0.3, -0.25) is 9.72 Å².